The van der Waals surface area contributed by atoms with Crippen molar-refractivity contribution in [3.63, 3.8) is 0 Å². The van der Waals surface area contributed by atoms with Gasteiger partial charge >= 0.3 is 0 Å². The molecule has 0 aliphatic carbocycles. The van der Waals surface area contributed by atoms with Gasteiger partial charge in [0, 0.05) is 12.8 Å². The highest BCUT2D eigenvalue weighted by Gasteiger charge is 1.88. The van der Waals surface area contributed by atoms with Crippen LogP contribution in [0.2, 0.25) is 0 Å². The zero-order valence-electron chi connectivity index (χ0n) is 7.71. The monoisotopic (exact) mass is 172 g/mol. The zero-order chi connectivity index (χ0) is 9.52. The smallest absolute Gasteiger partial charge is 0.205 e. The van der Waals surface area contributed by atoms with Crippen LogP contribution in [0.15, 0.2) is 30.3 Å². The van der Waals surface area contributed by atoms with Gasteiger partial charge in [0.15, 0.2) is 0 Å². The molecule has 0 aliphatic heterocycles. The molecule has 0 aromatic heterocycles. The van der Waals surface area contributed by atoms with Crippen molar-refractivity contribution in [2.75, 3.05) is 0 Å². The Morgan fingerprint density at radius 1 is 1.31 bits per heavy atom. The summed E-state index contributed by atoms with van der Waals surface area (Å²) in [7, 11) is 0. The van der Waals surface area contributed by atoms with Gasteiger partial charge in [0.1, 0.15) is 0 Å². The Bertz CT molecular complexity index is 327. The van der Waals surface area contributed by atoms with Crippen LogP contribution >= 0.6 is 0 Å². The Kier molecular flexibility index (Phi) is 3.78. The first-order chi connectivity index (χ1) is 6.33. The number of rotatable bonds is 2. The fraction of sp³-hybridized carbons (Fsp3) is 0.250. The number of Topliss-reactive ketones (excluding diaryl/α,β-unsaturated/α-hetero) is 1. The molecule has 0 aliphatic rings. The summed E-state index contributed by atoms with van der Waals surface area (Å²) >= 11 is 0. The molecule has 0 amide bonds. The minimum absolute atomic E-state index is 0.0101. The van der Waals surface area contributed by atoms with Crippen molar-refractivity contribution < 1.29 is 4.79 Å². The summed E-state index contributed by atoms with van der Waals surface area (Å²) < 4.78 is 0. The molecule has 1 aromatic carbocycles. The van der Waals surface area contributed by atoms with Gasteiger partial charge < -0.3 is 0 Å². The van der Waals surface area contributed by atoms with Gasteiger partial charge in [-0.2, -0.15) is 0 Å². The van der Waals surface area contributed by atoms with E-state index in [-0.39, 0.29) is 5.78 Å². The SMILES string of the molecule is CCC(=O)C#CCc1ccccc1. The lowest BCUT2D eigenvalue weighted by Gasteiger charge is -1.90. The first-order valence-corrected chi connectivity index (χ1v) is 4.38. The Balaban J connectivity index is 2.51. The Morgan fingerprint density at radius 3 is 2.62 bits per heavy atom. The van der Waals surface area contributed by atoms with Crippen molar-refractivity contribution in [3.05, 3.63) is 35.9 Å². The summed E-state index contributed by atoms with van der Waals surface area (Å²) in [5.74, 6) is 5.45. The maximum Gasteiger partial charge on any atom is 0.205 e. The highest BCUT2D eigenvalue weighted by molar-refractivity contribution is 5.95. The normalized spacial score (nSPS) is 8.69. The number of carbonyl (C=O) groups is 1. The van der Waals surface area contributed by atoms with E-state index in [2.05, 4.69) is 11.8 Å². The average Bonchev–Trinajstić information content (AvgIpc) is 2.19. The Hall–Kier alpha value is -1.55. The largest absolute Gasteiger partial charge is 0.285 e. The molecule has 0 spiro atoms. The lowest BCUT2D eigenvalue weighted by molar-refractivity contribution is -0.113. The summed E-state index contributed by atoms with van der Waals surface area (Å²) in [6, 6.07) is 9.92. The molecule has 0 fully saturated rings. The molecule has 0 radical (unpaired) electrons. The van der Waals surface area contributed by atoms with E-state index in [1.54, 1.807) is 0 Å². The fourth-order valence-electron chi connectivity index (χ4n) is 0.929. The van der Waals surface area contributed by atoms with Crippen LogP contribution in [0.25, 0.3) is 0 Å². The zero-order valence-corrected chi connectivity index (χ0v) is 7.71. The van der Waals surface area contributed by atoms with E-state index in [9.17, 15) is 4.79 Å². The quantitative estimate of drug-likeness (QED) is 0.493. The van der Waals surface area contributed by atoms with Crippen LogP contribution in [0, 0.1) is 11.8 Å². The molecule has 0 heterocycles. The fourth-order valence-corrected chi connectivity index (χ4v) is 0.929. The van der Waals surface area contributed by atoms with Crippen LogP contribution < -0.4 is 0 Å². The maximum absolute atomic E-state index is 10.8. The minimum Gasteiger partial charge on any atom is -0.285 e. The van der Waals surface area contributed by atoms with Gasteiger partial charge in [-0.1, -0.05) is 43.2 Å². The average molecular weight is 172 g/mol. The van der Waals surface area contributed by atoms with Crippen LogP contribution in [0.4, 0.5) is 0 Å². The molecule has 1 heteroatoms. The third kappa shape index (κ3) is 3.57. The summed E-state index contributed by atoms with van der Waals surface area (Å²) in [5.41, 5.74) is 1.15. The number of hydrogen-bond donors (Lipinski definition) is 0. The minimum atomic E-state index is 0.0101. The molecule has 1 aromatic rings. The number of hydrogen-bond acceptors (Lipinski definition) is 1. The highest BCUT2D eigenvalue weighted by Crippen LogP contribution is 1.97. The molecule has 0 atom stereocenters. The van der Waals surface area contributed by atoms with Crippen LogP contribution in [0.5, 0.6) is 0 Å². The molecule has 1 nitrogen and oxygen atoms in total. The standard InChI is InChI=1S/C12H12O/c1-2-12(13)10-6-9-11-7-4-3-5-8-11/h3-5,7-8H,2,9H2,1H3. The van der Waals surface area contributed by atoms with Gasteiger partial charge in [-0.25, -0.2) is 0 Å². The van der Waals surface area contributed by atoms with Crippen LogP contribution in [-0.2, 0) is 11.2 Å². The number of benzene rings is 1. The first-order valence-electron chi connectivity index (χ1n) is 4.38. The second-order valence-electron chi connectivity index (χ2n) is 2.74. The lowest BCUT2D eigenvalue weighted by Crippen LogP contribution is -1.88. The first kappa shape index (κ1) is 9.54. The van der Waals surface area contributed by atoms with Gasteiger partial charge in [-0.05, 0) is 11.5 Å². The van der Waals surface area contributed by atoms with Crippen molar-refractivity contribution in [3.8, 4) is 11.8 Å². The molecule has 0 saturated heterocycles. The van der Waals surface area contributed by atoms with Crippen LogP contribution in [0.1, 0.15) is 18.9 Å². The van der Waals surface area contributed by atoms with E-state index in [0.717, 1.165) is 5.56 Å². The molecule has 0 bridgehead atoms. The van der Waals surface area contributed by atoms with Crippen LogP contribution in [-0.4, -0.2) is 5.78 Å². The number of ketones is 1. The van der Waals surface area contributed by atoms with Crippen molar-refractivity contribution in [1.82, 2.24) is 0 Å². The van der Waals surface area contributed by atoms with Gasteiger partial charge in [-0.3, -0.25) is 4.79 Å². The van der Waals surface area contributed by atoms with E-state index in [1.807, 2.05) is 37.3 Å². The number of carbonyl (C=O) groups excluding carboxylic acids is 1. The van der Waals surface area contributed by atoms with E-state index in [1.165, 1.54) is 0 Å². The Labute approximate surface area is 78.8 Å². The molecule has 0 unspecified atom stereocenters. The molecular weight excluding hydrogens is 160 g/mol. The second kappa shape index (κ2) is 5.16. The van der Waals surface area contributed by atoms with Gasteiger partial charge in [-0.15, -0.1) is 0 Å². The molecule has 66 valence electrons. The predicted octanol–water partition coefficient (Wildman–Crippen LogP) is 2.21. The third-order valence-corrected chi connectivity index (χ3v) is 1.68. The van der Waals surface area contributed by atoms with Crippen molar-refractivity contribution in [2.24, 2.45) is 0 Å². The van der Waals surface area contributed by atoms with Crippen molar-refractivity contribution in [1.29, 1.82) is 0 Å². The second-order valence-corrected chi connectivity index (χ2v) is 2.74. The molecule has 0 N–H and O–H groups in total. The molecule has 13 heavy (non-hydrogen) atoms. The summed E-state index contributed by atoms with van der Waals surface area (Å²) in [5, 5.41) is 0. The van der Waals surface area contributed by atoms with Crippen molar-refractivity contribution >= 4 is 5.78 Å². The van der Waals surface area contributed by atoms with Crippen LogP contribution in [0.3, 0.4) is 0 Å². The predicted molar refractivity (Wildman–Crippen MR) is 53.2 cm³/mol. The van der Waals surface area contributed by atoms with E-state index >= 15 is 0 Å². The molecular formula is C12H12O. The maximum atomic E-state index is 10.8. The van der Waals surface area contributed by atoms with E-state index in [4.69, 9.17) is 0 Å². The van der Waals surface area contributed by atoms with E-state index < -0.39 is 0 Å². The highest BCUT2D eigenvalue weighted by atomic mass is 16.1. The Morgan fingerprint density at radius 2 is 2.00 bits per heavy atom. The lowest BCUT2D eigenvalue weighted by atomic mass is 10.1. The van der Waals surface area contributed by atoms with E-state index in [0.29, 0.717) is 12.8 Å². The summed E-state index contributed by atoms with van der Waals surface area (Å²) in [4.78, 5) is 10.8. The summed E-state index contributed by atoms with van der Waals surface area (Å²) in [6.45, 7) is 1.82. The topological polar surface area (TPSA) is 17.1 Å². The van der Waals surface area contributed by atoms with Gasteiger partial charge in [0.25, 0.3) is 0 Å². The van der Waals surface area contributed by atoms with Gasteiger partial charge in [0.2, 0.25) is 5.78 Å². The molecule has 0 saturated carbocycles. The van der Waals surface area contributed by atoms with Crippen molar-refractivity contribution in [2.45, 2.75) is 19.8 Å². The molecule has 1 rings (SSSR count). The van der Waals surface area contributed by atoms with Gasteiger partial charge in [0.05, 0.1) is 0 Å². The summed E-state index contributed by atoms with van der Waals surface area (Å²) in [6.07, 6.45) is 1.16. The third-order valence-electron chi connectivity index (χ3n) is 1.68.